The van der Waals surface area contributed by atoms with Gasteiger partial charge in [0.05, 0.1) is 0 Å². The number of hydrogen-bond acceptors (Lipinski definition) is 7. The van der Waals surface area contributed by atoms with Crippen molar-refractivity contribution in [2.24, 2.45) is 0 Å². The molecule has 0 aromatic carbocycles. The van der Waals surface area contributed by atoms with Crippen LogP contribution in [0.5, 0.6) is 0 Å². The Morgan fingerprint density at radius 1 is 0.923 bits per heavy atom. The molecule has 0 heterocycles. The van der Waals surface area contributed by atoms with E-state index in [4.69, 9.17) is 4.74 Å². The van der Waals surface area contributed by atoms with E-state index >= 15 is 0 Å². The molecule has 0 saturated heterocycles. The molecule has 0 fully saturated rings. The predicted molar refractivity (Wildman–Crippen MR) is 85.9 cm³/mol. The number of carbonyl (C=O) groups is 2. The summed E-state index contributed by atoms with van der Waals surface area (Å²) in [5.74, 6) is -3.07. The Morgan fingerprint density at radius 2 is 1.46 bits per heavy atom. The smallest absolute Gasteiger partial charge is 0.747 e. The largest absolute Gasteiger partial charge is 1.00 e. The zero-order chi connectivity index (χ0) is 18.6. The van der Waals surface area contributed by atoms with Gasteiger partial charge in [-0.1, -0.05) is 52.4 Å². The van der Waals surface area contributed by atoms with Gasteiger partial charge >= 0.3 is 65.1 Å². The number of carboxylic acid groups (broad SMARTS) is 1. The van der Waals surface area contributed by atoms with E-state index in [0.29, 0.717) is 12.8 Å². The fourth-order valence-corrected chi connectivity index (χ4v) is 3.06. The van der Waals surface area contributed by atoms with Gasteiger partial charge in [0, 0.05) is 12.4 Å². The van der Waals surface area contributed by atoms with Crippen molar-refractivity contribution < 1.29 is 91.5 Å². The van der Waals surface area contributed by atoms with Crippen molar-refractivity contribution in [2.75, 3.05) is 0 Å². The Labute approximate surface area is 201 Å². The Kier molecular flexibility index (Phi) is 21.7. The molecule has 0 amide bonds. The monoisotopic (exact) mass is 410 g/mol. The van der Waals surface area contributed by atoms with Gasteiger partial charge in [0.25, 0.3) is 0 Å². The molecule has 0 rings (SSSR count). The van der Waals surface area contributed by atoms with Gasteiger partial charge in [-0.2, -0.15) is 0 Å². The van der Waals surface area contributed by atoms with Crippen molar-refractivity contribution >= 4 is 22.1 Å². The number of unbranched alkanes of at least 4 members (excludes halogenated alkanes) is 5. The first-order valence-corrected chi connectivity index (χ1v) is 10.0. The van der Waals surface area contributed by atoms with E-state index in [1.807, 2.05) is 6.92 Å². The molecule has 0 aromatic heterocycles. The summed E-state index contributed by atoms with van der Waals surface area (Å²) in [7, 11) is -5.10. The molecule has 0 aliphatic rings. The summed E-state index contributed by atoms with van der Waals surface area (Å²) >= 11 is 0. The van der Waals surface area contributed by atoms with Gasteiger partial charge in [0.15, 0.2) is 5.25 Å². The number of rotatable bonds is 14. The Balaban J connectivity index is -0.00000264. The van der Waals surface area contributed by atoms with Gasteiger partial charge in [0.1, 0.15) is 16.2 Å². The van der Waals surface area contributed by atoms with Crippen molar-refractivity contribution in [2.45, 2.75) is 89.4 Å². The summed E-state index contributed by atoms with van der Waals surface area (Å²) in [6.45, 7) is 4.02. The summed E-state index contributed by atoms with van der Waals surface area (Å²) in [6.07, 6.45) is 6.54. The molecular formula is C16H28Na2O7S. The first-order chi connectivity index (χ1) is 11.2. The van der Waals surface area contributed by atoms with E-state index in [1.165, 1.54) is 6.42 Å². The summed E-state index contributed by atoms with van der Waals surface area (Å²) in [5.41, 5.74) is 0. The minimum atomic E-state index is -5.10. The molecule has 0 spiro atoms. The number of carboxylic acids is 1. The van der Waals surface area contributed by atoms with Gasteiger partial charge in [-0.25, -0.2) is 8.42 Å². The maximum atomic E-state index is 11.9. The molecule has 142 valence electrons. The summed E-state index contributed by atoms with van der Waals surface area (Å²) in [6, 6.07) is 0. The van der Waals surface area contributed by atoms with Crippen molar-refractivity contribution in [1.29, 1.82) is 0 Å². The molecule has 0 bridgehead atoms. The molecule has 0 aromatic rings. The van der Waals surface area contributed by atoms with Gasteiger partial charge in [-0.15, -0.1) is 0 Å². The van der Waals surface area contributed by atoms with E-state index in [0.717, 1.165) is 38.5 Å². The minimum absolute atomic E-state index is 0. The number of esters is 1. The number of aliphatic carboxylic acids is 1. The molecule has 10 heteroatoms. The van der Waals surface area contributed by atoms with E-state index < -0.39 is 39.8 Å². The fourth-order valence-electron chi connectivity index (χ4n) is 2.43. The molecule has 0 aliphatic carbocycles. The first-order valence-electron chi connectivity index (χ1n) is 8.57. The molecule has 7 nitrogen and oxygen atoms in total. The molecule has 2 unspecified atom stereocenters. The van der Waals surface area contributed by atoms with Crippen molar-refractivity contribution in [3.63, 3.8) is 0 Å². The van der Waals surface area contributed by atoms with E-state index in [-0.39, 0.29) is 59.1 Å². The van der Waals surface area contributed by atoms with Gasteiger partial charge < -0.3 is 19.2 Å². The second-order valence-corrected chi connectivity index (χ2v) is 7.52. The average Bonchev–Trinajstić information content (AvgIpc) is 2.47. The SMILES string of the molecule is CCCCCCCCC(CCC)OC(=O)C(CC(=O)[O-])S(=O)(=O)[O-].[Na+].[Na+]. The Hall–Kier alpha value is 0.850. The molecular weight excluding hydrogens is 382 g/mol. The van der Waals surface area contributed by atoms with Crippen LogP contribution in [-0.4, -0.2) is 36.3 Å². The number of hydrogen-bond donors (Lipinski definition) is 0. The third-order valence-electron chi connectivity index (χ3n) is 3.74. The van der Waals surface area contributed by atoms with Crippen LogP contribution in [0.2, 0.25) is 0 Å². The van der Waals surface area contributed by atoms with Crippen LogP contribution in [0.15, 0.2) is 0 Å². The van der Waals surface area contributed by atoms with Gasteiger partial charge in [-0.05, 0) is 19.3 Å². The Bertz CT molecular complexity index is 483. The van der Waals surface area contributed by atoms with Crippen LogP contribution >= 0.6 is 0 Å². The van der Waals surface area contributed by atoms with Crippen molar-refractivity contribution in [3.8, 4) is 0 Å². The number of ether oxygens (including phenoxy) is 1. The van der Waals surface area contributed by atoms with E-state index in [9.17, 15) is 27.7 Å². The quantitative estimate of drug-likeness (QED) is 0.122. The second-order valence-electron chi connectivity index (χ2n) is 5.96. The van der Waals surface area contributed by atoms with Gasteiger partial charge in [-0.3, -0.25) is 4.79 Å². The normalized spacial score (nSPS) is 13.0. The standard InChI is InChI=1S/C16H30O7S.2Na/c1-3-5-6-7-8-9-11-13(10-4-2)23-16(19)14(12-15(17)18)24(20,21)22;;/h13-14H,3-12H2,1-2H3,(H,17,18)(H,20,21,22);;/q;2*+1/p-2. The zero-order valence-corrected chi connectivity index (χ0v) is 21.3. The van der Waals surface area contributed by atoms with E-state index in [2.05, 4.69) is 6.92 Å². The third kappa shape index (κ3) is 15.9. The van der Waals surface area contributed by atoms with Crippen molar-refractivity contribution in [1.82, 2.24) is 0 Å². The van der Waals surface area contributed by atoms with Crippen LogP contribution in [0.3, 0.4) is 0 Å². The van der Waals surface area contributed by atoms with Crippen LogP contribution in [0, 0.1) is 0 Å². The van der Waals surface area contributed by atoms with Crippen LogP contribution in [0.4, 0.5) is 0 Å². The maximum Gasteiger partial charge on any atom is 1.00 e. The number of carbonyl (C=O) groups excluding carboxylic acids is 2. The summed E-state index contributed by atoms with van der Waals surface area (Å²) < 4.78 is 38.3. The molecule has 26 heavy (non-hydrogen) atoms. The topological polar surface area (TPSA) is 124 Å². The first kappa shape index (κ1) is 31.5. The predicted octanol–water partition coefficient (Wildman–Crippen LogP) is -4.49. The Morgan fingerprint density at radius 3 is 1.92 bits per heavy atom. The van der Waals surface area contributed by atoms with Crippen LogP contribution in [0.1, 0.15) is 78.1 Å². The fraction of sp³-hybridized carbons (Fsp3) is 0.875. The molecule has 2 atom stereocenters. The second kappa shape index (κ2) is 17.9. The van der Waals surface area contributed by atoms with Gasteiger partial charge in [0.2, 0.25) is 0 Å². The van der Waals surface area contributed by atoms with Crippen LogP contribution in [0.25, 0.3) is 0 Å². The third-order valence-corrected chi connectivity index (χ3v) is 4.79. The van der Waals surface area contributed by atoms with Crippen molar-refractivity contribution in [3.05, 3.63) is 0 Å². The molecule has 0 saturated carbocycles. The van der Waals surface area contributed by atoms with Crippen LogP contribution in [-0.2, 0) is 24.4 Å². The average molecular weight is 410 g/mol. The molecule has 0 aliphatic heterocycles. The zero-order valence-electron chi connectivity index (χ0n) is 16.5. The summed E-state index contributed by atoms with van der Waals surface area (Å²) in [4.78, 5) is 22.4. The minimum Gasteiger partial charge on any atom is -0.747 e. The van der Waals surface area contributed by atoms with Crippen LogP contribution < -0.4 is 64.2 Å². The molecule has 0 radical (unpaired) electrons. The van der Waals surface area contributed by atoms with E-state index in [1.54, 1.807) is 0 Å². The maximum absolute atomic E-state index is 11.9. The summed E-state index contributed by atoms with van der Waals surface area (Å²) in [5, 5.41) is 8.30. The molecule has 0 N–H and O–H groups in total.